The van der Waals surface area contributed by atoms with Crippen LogP contribution < -0.4 is 9.47 Å². The zero-order valence-electron chi connectivity index (χ0n) is 14.5. The molecule has 0 aliphatic carbocycles. The SMILES string of the molecule is O=C1S/C(=C\c2ccc(C(F)(F)F)cc2)C(=O)N1Cc1cc2c(cc1Cl)OCO2. The van der Waals surface area contributed by atoms with E-state index in [9.17, 15) is 22.8 Å². The van der Waals surface area contributed by atoms with E-state index in [4.69, 9.17) is 21.1 Å². The highest BCUT2D eigenvalue weighted by Gasteiger charge is 2.36. The summed E-state index contributed by atoms with van der Waals surface area (Å²) in [6, 6.07) is 7.48. The number of nitrogens with zero attached hydrogens (tertiary/aromatic N) is 1. The lowest BCUT2D eigenvalue weighted by Gasteiger charge is -2.14. The molecule has 0 aromatic heterocycles. The van der Waals surface area contributed by atoms with Gasteiger partial charge in [-0.15, -0.1) is 0 Å². The van der Waals surface area contributed by atoms with Crippen LogP contribution in [0, 0.1) is 0 Å². The third-order valence-corrected chi connectivity index (χ3v) is 5.54. The molecule has 0 spiro atoms. The van der Waals surface area contributed by atoms with Crippen molar-refractivity contribution in [3.63, 3.8) is 0 Å². The van der Waals surface area contributed by atoms with Crippen molar-refractivity contribution >= 4 is 40.6 Å². The Labute approximate surface area is 172 Å². The van der Waals surface area contributed by atoms with E-state index in [0.717, 1.165) is 17.0 Å². The molecule has 0 saturated carbocycles. The Morgan fingerprint density at radius 3 is 2.41 bits per heavy atom. The first kappa shape index (κ1) is 19.7. The van der Waals surface area contributed by atoms with Gasteiger partial charge in [-0.05, 0) is 47.2 Å². The van der Waals surface area contributed by atoms with Crippen molar-refractivity contribution in [2.24, 2.45) is 0 Å². The number of carbonyl (C=O) groups is 2. The molecule has 2 aliphatic rings. The quantitative estimate of drug-likeness (QED) is 0.603. The normalized spacial score (nSPS) is 17.5. The van der Waals surface area contributed by atoms with E-state index in [0.29, 0.717) is 39.4 Å². The number of rotatable bonds is 3. The highest BCUT2D eigenvalue weighted by molar-refractivity contribution is 8.18. The first-order valence-corrected chi connectivity index (χ1v) is 9.42. The van der Waals surface area contributed by atoms with E-state index in [2.05, 4.69) is 0 Å². The first-order valence-electron chi connectivity index (χ1n) is 8.23. The van der Waals surface area contributed by atoms with E-state index < -0.39 is 22.9 Å². The van der Waals surface area contributed by atoms with Crippen LogP contribution in [0.15, 0.2) is 41.3 Å². The van der Waals surface area contributed by atoms with Crippen LogP contribution >= 0.6 is 23.4 Å². The summed E-state index contributed by atoms with van der Waals surface area (Å²) >= 11 is 6.92. The fourth-order valence-corrected chi connectivity index (χ4v) is 3.86. The van der Waals surface area contributed by atoms with E-state index in [1.165, 1.54) is 18.2 Å². The summed E-state index contributed by atoms with van der Waals surface area (Å²) in [4.78, 5) is 26.1. The molecule has 150 valence electrons. The van der Waals surface area contributed by atoms with Gasteiger partial charge in [0.25, 0.3) is 11.1 Å². The topological polar surface area (TPSA) is 55.8 Å². The number of alkyl halides is 3. The van der Waals surface area contributed by atoms with Gasteiger partial charge in [-0.3, -0.25) is 14.5 Å². The second-order valence-corrected chi connectivity index (χ2v) is 7.58. The maximum absolute atomic E-state index is 12.7. The molecule has 10 heteroatoms. The van der Waals surface area contributed by atoms with E-state index >= 15 is 0 Å². The number of halogens is 4. The number of thioether (sulfide) groups is 1. The predicted octanol–water partition coefficient (Wildman–Crippen LogP) is 5.32. The van der Waals surface area contributed by atoms with Gasteiger partial charge in [-0.1, -0.05) is 23.7 Å². The molecule has 2 aromatic carbocycles. The second kappa shape index (κ2) is 7.31. The van der Waals surface area contributed by atoms with Gasteiger partial charge in [-0.25, -0.2) is 0 Å². The Morgan fingerprint density at radius 1 is 1.10 bits per heavy atom. The van der Waals surface area contributed by atoms with E-state index in [1.54, 1.807) is 12.1 Å². The number of ether oxygens (including phenoxy) is 2. The van der Waals surface area contributed by atoms with Crippen molar-refractivity contribution < 1.29 is 32.2 Å². The summed E-state index contributed by atoms with van der Waals surface area (Å²) in [6.07, 6.45) is -3.06. The molecule has 4 rings (SSSR count). The minimum Gasteiger partial charge on any atom is -0.454 e. The molecule has 5 nitrogen and oxygen atoms in total. The molecular formula is C19H11ClF3NO4S. The van der Waals surface area contributed by atoms with Crippen LogP contribution in [0.1, 0.15) is 16.7 Å². The highest BCUT2D eigenvalue weighted by atomic mass is 35.5. The largest absolute Gasteiger partial charge is 0.454 e. The van der Waals surface area contributed by atoms with Gasteiger partial charge in [0, 0.05) is 11.1 Å². The lowest BCUT2D eigenvalue weighted by Crippen LogP contribution is -2.27. The van der Waals surface area contributed by atoms with E-state index in [-0.39, 0.29) is 18.2 Å². The van der Waals surface area contributed by atoms with Crippen molar-refractivity contribution in [3.8, 4) is 11.5 Å². The summed E-state index contributed by atoms with van der Waals surface area (Å²) in [6.45, 7) is -0.00293. The van der Waals surface area contributed by atoms with Crippen LogP contribution in [0.25, 0.3) is 6.08 Å². The third-order valence-electron chi connectivity index (χ3n) is 4.28. The van der Waals surface area contributed by atoms with Gasteiger partial charge in [0.05, 0.1) is 17.0 Å². The molecule has 0 radical (unpaired) electrons. The van der Waals surface area contributed by atoms with Gasteiger partial charge in [0.1, 0.15) is 0 Å². The minimum atomic E-state index is -4.44. The third kappa shape index (κ3) is 3.92. The zero-order valence-corrected chi connectivity index (χ0v) is 16.0. The summed E-state index contributed by atoms with van der Waals surface area (Å²) in [7, 11) is 0. The van der Waals surface area contributed by atoms with Crippen molar-refractivity contribution in [2.75, 3.05) is 6.79 Å². The van der Waals surface area contributed by atoms with Gasteiger partial charge in [-0.2, -0.15) is 13.2 Å². The van der Waals surface area contributed by atoms with Crippen LogP contribution in [0.2, 0.25) is 5.02 Å². The number of hydrogen-bond acceptors (Lipinski definition) is 5. The molecule has 1 fully saturated rings. The number of amides is 2. The molecular weight excluding hydrogens is 431 g/mol. The van der Waals surface area contributed by atoms with Gasteiger partial charge >= 0.3 is 6.18 Å². The Hall–Kier alpha value is -2.65. The standard InChI is InChI=1S/C19H11ClF3NO4S/c20-13-7-15-14(27-9-28-15)6-11(13)8-24-17(25)16(29-18(24)26)5-10-1-3-12(4-2-10)19(21,22)23/h1-7H,8-9H2/b16-5-. The first-order chi connectivity index (χ1) is 13.7. The number of benzene rings is 2. The van der Waals surface area contributed by atoms with Crippen molar-refractivity contribution in [1.29, 1.82) is 0 Å². The number of hydrogen-bond donors (Lipinski definition) is 0. The highest BCUT2D eigenvalue weighted by Crippen LogP contribution is 2.39. The van der Waals surface area contributed by atoms with Gasteiger partial charge in [0.2, 0.25) is 6.79 Å². The van der Waals surface area contributed by atoms with Crippen LogP contribution in [0.5, 0.6) is 11.5 Å². The maximum Gasteiger partial charge on any atom is 0.416 e. The second-order valence-electron chi connectivity index (χ2n) is 6.18. The number of imide groups is 1. The molecule has 2 heterocycles. The van der Waals surface area contributed by atoms with E-state index in [1.807, 2.05) is 0 Å². The van der Waals surface area contributed by atoms with Crippen LogP contribution in [0.3, 0.4) is 0 Å². The lowest BCUT2D eigenvalue weighted by molar-refractivity contribution is -0.137. The Balaban J connectivity index is 1.54. The van der Waals surface area contributed by atoms with Gasteiger partial charge in [0.15, 0.2) is 11.5 Å². The van der Waals surface area contributed by atoms with Crippen molar-refractivity contribution in [1.82, 2.24) is 4.90 Å². The predicted molar refractivity (Wildman–Crippen MR) is 101 cm³/mol. The number of fused-ring (bicyclic) bond motifs is 1. The Kier molecular flexibility index (Phi) is 4.95. The lowest BCUT2D eigenvalue weighted by atomic mass is 10.1. The van der Waals surface area contributed by atoms with Crippen LogP contribution in [-0.4, -0.2) is 22.8 Å². The Bertz CT molecular complexity index is 1040. The molecule has 0 bridgehead atoms. The average Bonchev–Trinajstić information content (AvgIpc) is 3.21. The molecule has 0 N–H and O–H groups in total. The van der Waals surface area contributed by atoms with Crippen LogP contribution in [0.4, 0.5) is 18.0 Å². The summed E-state index contributed by atoms with van der Waals surface area (Å²) in [5.74, 6) is 0.403. The Morgan fingerprint density at radius 2 is 1.76 bits per heavy atom. The molecule has 2 aromatic rings. The zero-order chi connectivity index (χ0) is 20.8. The summed E-state index contributed by atoms with van der Waals surface area (Å²) in [5.41, 5.74) is 0.0961. The molecule has 0 atom stereocenters. The fraction of sp³-hybridized carbons (Fsp3) is 0.158. The van der Waals surface area contributed by atoms with Crippen molar-refractivity contribution in [3.05, 3.63) is 63.0 Å². The summed E-state index contributed by atoms with van der Waals surface area (Å²) < 4.78 is 48.5. The molecule has 29 heavy (non-hydrogen) atoms. The molecule has 2 aliphatic heterocycles. The average molecular weight is 442 g/mol. The van der Waals surface area contributed by atoms with Crippen LogP contribution in [-0.2, 0) is 17.5 Å². The molecule has 1 saturated heterocycles. The molecule has 2 amide bonds. The fourth-order valence-electron chi connectivity index (χ4n) is 2.81. The maximum atomic E-state index is 12.7. The van der Waals surface area contributed by atoms with Gasteiger partial charge < -0.3 is 9.47 Å². The summed E-state index contributed by atoms with van der Waals surface area (Å²) in [5, 5.41) is -0.179. The molecule has 0 unspecified atom stereocenters. The minimum absolute atomic E-state index is 0.0621. The number of carbonyl (C=O) groups excluding carboxylic acids is 2. The monoisotopic (exact) mass is 441 g/mol. The smallest absolute Gasteiger partial charge is 0.416 e. The van der Waals surface area contributed by atoms with Crippen molar-refractivity contribution in [2.45, 2.75) is 12.7 Å².